The van der Waals surface area contributed by atoms with E-state index in [0.29, 0.717) is 29.9 Å². The predicted octanol–water partition coefficient (Wildman–Crippen LogP) is 2.54. The molecule has 1 aromatic rings. The molecule has 0 aliphatic heterocycles. The minimum atomic E-state index is -0.792. The molecule has 0 amide bonds. The van der Waals surface area contributed by atoms with E-state index in [9.17, 15) is 9.90 Å². The van der Waals surface area contributed by atoms with Crippen LogP contribution in [0.2, 0.25) is 0 Å². The molecule has 98 valence electrons. The van der Waals surface area contributed by atoms with Gasteiger partial charge in [0, 0.05) is 5.56 Å². The van der Waals surface area contributed by atoms with Crippen LogP contribution in [0.1, 0.15) is 18.4 Å². The van der Waals surface area contributed by atoms with Crippen molar-refractivity contribution in [2.45, 2.75) is 23.2 Å². The van der Waals surface area contributed by atoms with Crippen molar-refractivity contribution in [1.82, 2.24) is 0 Å². The number of thioether (sulfide) groups is 1. The first-order valence-corrected chi connectivity index (χ1v) is 6.85. The van der Waals surface area contributed by atoms with Gasteiger partial charge in [0.15, 0.2) is 0 Å². The number of benzene rings is 1. The Morgan fingerprint density at radius 3 is 2.28 bits per heavy atom. The third kappa shape index (κ3) is 1.92. The van der Waals surface area contributed by atoms with Crippen LogP contribution in [0.5, 0.6) is 11.5 Å². The Balaban J connectivity index is 2.56. The molecular formula is C13H16O4S. The van der Waals surface area contributed by atoms with Crippen molar-refractivity contribution in [1.29, 1.82) is 0 Å². The first-order valence-electron chi connectivity index (χ1n) is 5.63. The van der Waals surface area contributed by atoms with Gasteiger partial charge in [-0.05, 0) is 31.2 Å². The lowest BCUT2D eigenvalue weighted by Crippen LogP contribution is -2.20. The van der Waals surface area contributed by atoms with Gasteiger partial charge in [-0.25, -0.2) is 0 Å². The molecule has 18 heavy (non-hydrogen) atoms. The predicted molar refractivity (Wildman–Crippen MR) is 69.9 cm³/mol. The molecule has 1 N–H and O–H groups in total. The lowest BCUT2D eigenvalue weighted by Gasteiger charge is -2.18. The molecule has 5 heteroatoms. The van der Waals surface area contributed by atoms with E-state index in [-0.39, 0.29) is 0 Å². The molecule has 0 aromatic heterocycles. The Morgan fingerprint density at radius 1 is 1.28 bits per heavy atom. The number of methoxy groups -OCH3 is 2. The number of carboxylic acids is 1. The van der Waals surface area contributed by atoms with Gasteiger partial charge in [-0.2, -0.15) is 0 Å². The van der Waals surface area contributed by atoms with Gasteiger partial charge in [0.25, 0.3) is 0 Å². The topological polar surface area (TPSA) is 55.8 Å². The molecule has 1 fully saturated rings. The Hall–Kier alpha value is -1.36. The summed E-state index contributed by atoms with van der Waals surface area (Å²) >= 11 is 1.55. The Kier molecular flexibility index (Phi) is 3.43. The molecule has 1 aliphatic rings. The van der Waals surface area contributed by atoms with Crippen molar-refractivity contribution >= 4 is 17.7 Å². The van der Waals surface area contributed by atoms with E-state index < -0.39 is 11.4 Å². The van der Waals surface area contributed by atoms with Gasteiger partial charge < -0.3 is 14.6 Å². The van der Waals surface area contributed by atoms with E-state index in [2.05, 4.69) is 0 Å². The largest absolute Gasteiger partial charge is 0.496 e. The van der Waals surface area contributed by atoms with Crippen molar-refractivity contribution < 1.29 is 19.4 Å². The van der Waals surface area contributed by atoms with Crippen molar-refractivity contribution in [3.05, 3.63) is 17.7 Å². The Bertz CT molecular complexity index is 480. The van der Waals surface area contributed by atoms with Crippen molar-refractivity contribution in [2.24, 2.45) is 0 Å². The van der Waals surface area contributed by atoms with Crippen LogP contribution in [0, 0.1) is 0 Å². The molecule has 1 aliphatic carbocycles. The molecule has 1 aromatic carbocycles. The SMILES string of the molecule is COc1cc(C2(C(=O)O)CC2)c(OC)cc1SC. The van der Waals surface area contributed by atoms with Gasteiger partial charge in [0.1, 0.15) is 11.5 Å². The van der Waals surface area contributed by atoms with Crippen LogP contribution in [0.15, 0.2) is 17.0 Å². The van der Waals surface area contributed by atoms with E-state index in [4.69, 9.17) is 9.47 Å². The molecule has 0 heterocycles. The van der Waals surface area contributed by atoms with Crippen molar-refractivity contribution in [3.63, 3.8) is 0 Å². The fraction of sp³-hybridized carbons (Fsp3) is 0.462. The van der Waals surface area contributed by atoms with Gasteiger partial charge in [-0.1, -0.05) is 0 Å². The monoisotopic (exact) mass is 268 g/mol. The Labute approximate surface area is 110 Å². The van der Waals surface area contributed by atoms with Gasteiger partial charge in [-0.15, -0.1) is 11.8 Å². The highest BCUT2D eigenvalue weighted by molar-refractivity contribution is 7.98. The fourth-order valence-electron chi connectivity index (χ4n) is 2.13. The summed E-state index contributed by atoms with van der Waals surface area (Å²) in [7, 11) is 3.15. The molecule has 0 unspecified atom stereocenters. The minimum absolute atomic E-state index is 0.625. The van der Waals surface area contributed by atoms with Gasteiger partial charge in [0.2, 0.25) is 0 Å². The summed E-state index contributed by atoms with van der Waals surface area (Å²) in [5, 5.41) is 9.37. The standard InChI is InChI=1S/C13H16O4S/c1-16-9-7-11(18-3)10(17-2)6-8(9)13(4-5-13)12(14)15/h6-7H,4-5H2,1-3H3,(H,14,15). The van der Waals surface area contributed by atoms with Crippen LogP contribution in [0.25, 0.3) is 0 Å². The molecule has 0 radical (unpaired) electrons. The molecule has 0 saturated heterocycles. The Morgan fingerprint density at radius 2 is 1.89 bits per heavy atom. The number of hydrogen-bond donors (Lipinski definition) is 1. The lowest BCUT2D eigenvalue weighted by molar-refractivity contribution is -0.140. The maximum atomic E-state index is 11.4. The second-order valence-electron chi connectivity index (χ2n) is 4.29. The molecule has 0 bridgehead atoms. The van der Waals surface area contributed by atoms with Gasteiger partial charge in [-0.3, -0.25) is 4.79 Å². The van der Waals surface area contributed by atoms with Gasteiger partial charge in [0.05, 0.1) is 24.5 Å². The normalized spacial score (nSPS) is 16.2. The summed E-state index contributed by atoms with van der Waals surface area (Å²) in [6.45, 7) is 0. The summed E-state index contributed by atoms with van der Waals surface area (Å²) < 4.78 is 10.6. The van der Waals surface area contributed by atoms with Crippen molar-refractivity contribution in [3.8, 4) is 11.5 Å². The molecular weight excluding hydrogens is 252 g/mol. The zero-order valence-corrected chi connectivity index (χ0v) is 11.5. The summed E-state index contributed by atoms with van der Waals surface area (Å²) in [5.41, 5.74) is -0.0672. The van der Waals surface area contributed by atoms with E-state index in [1.807, 2.05) is 12.3 Å². The maximum absolute atomic E-state index is 11.4. The van der Waals surface area contributed by atoms with E-state index in [1.54, 1.807) is 32.0 Å². The second-order valence-corrected chi connectivity index (χ2v) is 5.14. The van der Waals surface area contributed by atoms with Crippen LogP contribution >= 0.6 is 11.8 Å². The average molecular weight is 268 g/mol. The van der Waals surface area contributed by atoms with Gasteiger partial charge >= 0.3 is 5.97 Å². The zero-order chi connectivity index (χ0) is 13.3. The number of carboxylic acid groups (broad SMARTS) is 1. The van der Waals surface area contributed by atoms with Crippen LogP contribution < -0.4 is 9.47 Å². The average Bonchev–Trinajstić information content (AvgIpc) is 3.18. The second kappa shape index (κ2) is 4.72. The summed E-state index contributed by atoms with van der Waals surface area (Å²) in [4.78, 5) is 12.3. The highest BCUT2D eigenvalue weighted by Crippen LogP contribution is 2.53. The number of hydrogen-bond acceptors (Lipinski definition) is 4. The number of carbonyl (C=O) groups is 1. The smallest absolute Gasteiger partial charge is 0.314 e. The minimum Gasteiger partial charge on any atom is -0.496 e. The third-order valence-electron chi connectivity index (χ3n) is 3.38. The fourth-order valence-corrected chi connectivity index (χ4v) is 2.69. The molecule has 0 atom stereocenters. The number of aliphatic carboxylic acids is 1. The highest BCUT2D eigenvalue weighted by atomic mass is 32.2. The first-order chi connectivity index (χ1) is 8.58. The summed E-state index contributed by atoms with van der Waals surface area (Å²) in [5.74, 6) is 0.533. The number of rotatable bonds is 5. The quantitative estimate of drug-likeness (QED) is 0.832. The molecule has 2 rings (SSSR count). The highest BCUT2D eigenvalue weighted by Gasteiger charge is 2.53. The molecule has 4 nitrogen and oxygen atoms in total. The van der Waals surface area contributed by atoms with Crippen LogP contribution in [-0.4, -0.2) is 31.6 Å². The lowest BCUT2D eigenvalue weighted by atomic mass is 9.95. The molecule has 0 spiro atoms. The maximum Gasteiger partial charge on any atom is 0.314 e. The van der Waals surface area contributed by atoms with E-state index in [0.717, 1.165) is 4.90 Å². The molecule has 1 saturated carbocycles. The number of ether oxygens (including phenoxy) is 2. The summed E-state index contributed by atoms with van der Waals surface area (Å²) in [6.07, 6.45) is 3.25. The van der Waals surface area contributed by atoms with Crippen LogP contribution in [0.4, 0.5) is 0 Å². The van der Waals surface area contributed by atoms with Crippen LogP contribution in [-0.2, 0) is 10.2 Å². The zero-order valence-electron chi connectivity index (χ0n) is 10.6. The van der Waals surface area contributed by atoms with Crippen molar-refractivity contribution in [2.75, 3.05) is 20.5 Å². The third-order valence-corrected chi connectivity index (χ3v) is 4.14. The summed E-state index contributed by atoms with van der Waals surface area (Å²) in [6, 6.07) is 3.65. The van der Waals surface area contributed by atoms with E-state index in [1.165, 1.54) is 0 Å². The van der Waals surface area contributed by atoms with E-state index >= 15 is 0 Å². The van der Waals surface area contributed by atoms with Crippen LogP contribution in [0.3, 0.4) is 0 Å². The first kappa shape index (κ1) is 13.1.